The van der Waals surface area contributed by atoms with Gasteiger partial charge in [-0.1, -0.05) is 22.9 Å². The largest absolute Gasteiger partial charge is 0.478 e. The molecule has 1 aromatic carbocycles. The Balaban J connectivity index is 2.73. The second-order valence-corrected chi connectivity index (χ2v) is 5.09. The number of carboxylic acid groups (broad SMARTS) is 1. The lowest BCUT2D eigenvalue weighted by molar-refractivity contribution is 0.0699. The highest BCUT2D eigenvalue weighted by Gasteiger charge is 2.14. The first kappa shape index (κ1) is 12.2. The van der Waals surface area contributed by atoms with Gasteiger partial charge in [-0.05, 0) is 31.5 Å². The molecule has 0 radical (unpaired) electrons. The van der Waals surface area contributed by atoms with E-state index >= 15 is 0 Å². The van der Waals surface area contributed by atoms with E-state index in [1.54, 1.807) is 6.07 Å². The molecule has 0 amide bonds. The van der Waals surface area contributed by atoms with Crippen LogP contribution in [0.3, 0.4) is 0 Å². The van der Waals surface area contributed by atoms with Crippen molar-refractivity contribution in [2.24, 2.45) is 0 Å². The van der Waals surface area contributed by atoms with Gasteiger partial charge in [0.25, 0.3) is 0 Å². The average molecular weight is 296 g/mol. The monoisotopic (exact) mass is 295 g/mol. The predicted molar refractivity (Wildman–Crippen MR) is 71.6 cm³/mol. The number of carbonyl (C=O) groups is 1. The van der Waals surface area contributed by atoms with Gasteiger partial charge in [0.05, 0.1) is 11.1 Å². The Morgan fingerprint density at radius 1 is 1.53 bits per heavy atom. The summed E-state index contributed by atoms with van der Waals surface area (Å²) in [7, 11) is 0. The third-order valence-electron chi connectivity index (χ3n) is 3.10. The lowest BCUT2D eigenvalue weighted by atomic mass is 10.1. The Bertz CT molecular complexity index is 574. The van der Waals surface area contributed by atoms with Crippen LogP contribution in [-0.4, -0.2) is 15.6 Å². The van der Waals surface area contributed by atoms with Gasteiger partial charge in [0.1, 0.15) is 0 Å². The Kier molecular flexibility index (Phi) is 3.24. The molecule has 3 nitrogen and oxygen atoms in total. The summed E-state index contributed by atoms with van der Waals surface area (Å²) in [5.41, 5.74) is 1.31. The van der Waals surface area contributed by atoms with Crippen LogP contribution < -0.4 is 0 Å². The molecule has 1 atom stereocenters. The smallest absolute Gasteiger partial charge is 0.336 e. The van der Waals surface area contributed by atoms with Crippen LogP contribution in [0.25, 0.3) is 10.9 Å². The van der Waals surface area contributed by atoms with E-state index in [-0.39, 0.29) is 0 Å². The van der Waals surface area contributed by atoms with Crippen molar-refractivity contribution in [2.45, 2.75) is 26.3 Å². The Hall–Kier alpha value is -1.29. The first-order chi connectivity index (χ1) is 8.04. The maximum Gasteiger partial charge on any atom is 0.336 e. The summed E-state index contributed by atoms with van der Waals surface area (Å²) in [6.07, 6.45) is 2.97. The van der Waals surface area contributed by atoms with E-state index in [0.717, 1.165) is 21.8 Å². The van der Waals surface area contributed by atoms with Crippen molar-refractivity contribution in [3.8, 4) is 0 Å². The van der Waals surface area contributed by atoms with Crippen molar-refractivity contribution >= 4 is 32.8 Å². The number of fused-ring (bicyclic) bond motifs is 1. The average Bonchev–Trinajstić information content (AvgIpc) is 2.70. The molecule has 0 aliphatic heterocycles. The van der Waals surface area contributed by atoms with E-state index in [4.69, 9.17) is 0 Å². The minimum atomic E-state index is -0.891. The van der Waals surface area contributed by atoms with Gasteiger partial charge in [0, 0.05) is 22.1 Å². The zero-order valence-corrected chi connectivity index (χ0v) is 11.4. The normalized spacial score (nSPS) is 12.9. The third kappa shape index (κ3) is 2.09. The van der Waals surface area contributed by atoms with E-state index in [1.807, 2.05) is 18.3 Å². The predicted octanol–water partition coefficient (Wildman–Crippen LogP) is 4.07. The summed E-state index contributed by atoms with van der Waals surface area (Å²) in [5, 5.41) is 9.97. The van der Waals surface area contributed by atoms with E-state index in [1.165, 1.54) is 0 Å². The van der Waals surface area contributed by atoms with Gasteiger partial charge in [-0.2, -0.15) is 0 Å². The van der Waals surface area contributed by atoms with Gasteiger partial charge in [0.2, 0.25) is 0 Å². The number of rotatable bonds is 3. The van der Waals surface area contributed by atoms with Crippen molar-refractivity contribution < 1.29 is 9.90 Å². The molecular formula is C13H14BrNO2. The van der Waals surface area contributed by atoms with Crippen molar-refractivity contribution in [1.82, 2.24) is 4.57 Å². The van der Waals surface area contributed by atoms with Crippen LogP contribution in [0, 0.1) is 0 Å². The number of nitrogens with zero attached hydrogens (tertiary/aromatic N) is 1. The highest BCUT2D eigenvalue weighted by molar-refractivity contribution is 9.10. The molecule has 17 heavy (non-hydrogen) atoms. The summed E-state index contributed by atoms with van der Waals surface area (Å²) in [6.45, 7) is 4.24. The fraction of sp³-hybridized carbons (Fsp3) is 0.308. The Morgan fingerprint density at radius 2 is 2.24 bits per heavy atom. The Morgan fingerprint density at radius 3 is 2.82 bits per heavy atom. The minimum Gasteiger partial charge on any atom is -0.478 e. The maximum atomic E-state index is 11.2. The number of aromatic nitrogens is 1. The summed E-state index contributed by atoms with van der Waals surface area (Å²) < 4.78 is 2.91. The summed E-state index contributed by atoms with van der Waals surface area (Å²) >= 11 is 3.36. The van der Waals surface area contributed by atoms with Gasteiger partial charge in [-0.15, -0.1) is 0 Å². The lowest BCUT2D eigenvalue weighted by Crippen LogP contribution is -2.03. The standard InChI is InChI=1S/C13H14BrNO2/c1-3-8(2)15-5-4-10-11(13(16)17)6-9(14)7-12(10)15/h4-8H,3H2,1-2H3,(H,16,17). The number of hydrogen-bond donors (Lipinski definition) is 1. The number of benzene rings is 1. The number of hydrogen-bond acceptors (Lipinski definition) is 1. The molecule has 2 aromatic rings. The quantitative estimate of drug-likeness (QED) is 0.927. The molecule has 0 saturated heterocycles. The van der Waals surface area contributed by atoms with Gasteiger partial charge < -0.3 is 9.67 Å². The van der Waals surface area contributed by atoms with Crippen molar-refractivity contribution in [3.63, 3.8) is 0 Å². The molecule has 0 aliphatic carbocycles. The molecule has 1 unspecified atom stereocenters. The molecule has 0 saturated carbocycles. The molecule has 0 aliphatic rings. The minimum absolute atomic E-state index is 0.344. The molecule has 0 spiro atoms. The van der Waals surface area contributed by atoms with Crippen molar-refractivity contribution in [2.75, 3.05) is 0 Å². The molecule has 0 fully saturated rings. The van der Waals surface area contributed by atoms with E-state index in [9.17, 15) is 9.90 Å². The highest BCUT2D eigenvalue weighted by Crippen LogP contribution is 2.28. The summed E-state index contributed by atoms with van der Waals surface area (Å²) in [5.74, 6) is -0.891. The number of carboxylic acids is 1. The fourth-order valence-corrected chi connectivity index (χ4v) is 2.43. The van der Waals surface area contributed by atoms with Crippen molar-refractivity contribution in [3.05, 3.63) is 34.4 Å². The Labute approximate surface area is 108 Å². The summed E-state index contributed by atoms with van der Waals surface area (Å²) in [6, 6.07) is 5.85. The molecule has 90 valence electrons. The zero-order valence-electron chi connectivity index (χ0n) is 9.77. The third-order valence-corrected chi connectivity index (χ3v) is 3.56. The SMILES string of the molecule is CCC(C)n1ccc2c(C(=O)O)cc(Br)cc21. The molecule has 1 aromatic heterocycles. The second kappa shape index (κ2) is 4.53. The van der Waals surface area contributed by atoms with E-state index in [0.29, 0.717) is 11.6 Å². The first-order valence-electron chi connectivity index (χ1n) is 5.58. The number of halogens is 1. The molecule has 4 heteroatoms. The van der Waals surface area contributed by atoms with E-state index in [2.05, 4.69) is 34.3 Å². The molecule has 0 bridgehead atoms. The molecule has 1 N–H and O–H groups in total. The second-order valence-electron chi connectivity index (χ2n) is 4.17. The summed E-state index contributed by atoms with van der Waals surface area (Å²) in [4.78, 5) is 11.2. The lowest BCUT2D eigenvalue weighted by Gasteiger charge is -2.13. The van der Waals surface area contributed by atoms with Gasteiger partial charge in [-0.3, -0.25) is 0 Å². The molecular weight excluding hydrogens is 282 g/mol. The van der Waals surface area contributed by atoms with Crippen LogP contribution in [0.5, 0.6) is 0 Å². The molecule has 1 heterocycles. The van der Waals surface area contributed by atoms with Gasteiger partial charge in [-0.25, -0.2) is 4.79 Å². The van der Waals surface area contributed by atoms with Crippen molar-refractivity contribution in [1.29, 1.82) is 0 Å². The first-order valence-corrected chi connectivity index (χ1v) is 6.37. The van der Waals surface area contributed by atoms with Crippen LogP contribution in [0.15, 0.2) is 28.9 Å². The molecule has 2 rings (SSSR count). The van der Waals surface area contributed by atoms with Crippen LogP contribution in [0.4, 0.5) is 0 Å². The zero-order chi connectivity index (χ0) is 12.6. The van der Waals surface area contributed by atoms with Gasteiger partial charge >= 0.3 is 5.97 Å². The van der Waals surface area contributed by atoms with Gasteiger partial charge in [0.15, 0.2) is 0 Å². The number of aromatic carboxylic acids is 1. The van der Waals surface area contributed by atoms with Crippen LogP contribution in [-0.2, 0) is 0 Å². The topological polar surface area (TPSA) is 42.2 Å². The van der Waals surface area contributed by atoms with Crippen LogP contribution >= 0.6 is 15.9 Å². The maximum absolute atomic E-state index is 11.2. The van der Waals surface area contributed by atoms with E-state index < -0.39 is 5.97 Å². The fourth-order valence-electron chi connectivity index (χ4n) is 1.99. The van der Waals surface area contributed by atoms with Crippen LogP contribution in [0.1, 0.15) is 36.7 Å². The highest BCUT2D eigenvalue weighted by atomic mass is 79.9. The van der Waals surface area contributed by atoms with Crippen LogP contribution in [0.2, 0.25) is 0 Å².